The summed E-state index contributed by atoms with van der Waals surface area (Å²) in [5.41, 5.74) is 3.29. The number of aromatic nitrogens is 3. The largest absolute Gasteiger partial charge is 0.450 e. The van der Waals surface area contributed by atoms with Crippen molar-refractivity contribution < 1.29 is 4.42 Å². The third-order valence-electron chi connectivity index (χ3n) is 3.49. The molecule has 0 unspecified atom stereocenters. The van der Waals surface area contributed by atoms with E-state index in [2.05, 4.69) is 20.3 Å². The molecule has 0 aliphatic carbocycles. The highest BCUT2D eigenvalue weighted by atomic mass is 16.3. The predicted molar refractivity (Wildman–Crippen MR) is 85.6 cm³/mol. The number of nitrogens with zero attached hydrogens (tertiary/aromatic N) is 3. The van der Waals surface area contributed by atoms with Gasteiger partial charge in [0.25, 0.3) is 0 Å². The lowest BCUT2D eigenvalue weighted by Crippen LogP contribution is -2.04. The van der Waals surface area contributed by atoms with Crippen LogP contribution in [0.1, 0.15) is 11.5 Å². The lowest BCUT2D eigenvalue weighted by atomic mass is 10.2. The summed E-state index contributed by atoms with van der Waals surface area (Å²) in [6.07, 6.45) is 1.78. The lowest BCUT2D eigenvalue weighted by molar-refractivity contribution is 0.666. The van der Waals surface area contributed by atoms with Gasteiger partial charge in [-0.3, -0.25) is 4.98 Å². The zero-order valence-electron chi connectivity index (χ0n) is 12.1. The van der Waals surface area contributed by atoms with Gasteiger partial charge in [-0.05, 0) is 31.2 Å². The molecule has 0 bridgehead atoms. The second-order valence-corrected chi connectivity index (χ2v) is 5.07. The van der Waals surface area contributed by atoms with E-state index in [1.54, 1.807) is 6.20 Å². The molecule has 4 aromatic rings. The molecule has 0 saturated heterocycles. The number of aryl methyl sites for hydroxylation is 1. The second-order valence-electron chi connectivity index (χ2n) is 5.07. The molecule has 0 saturated carbocycles. The standard InChI is InChI=1S/C17H14N4O/c1-11-20-15-13-7-2-3-8-14(13)22-16(15)17(21-11)19-10-12-6-4-5-9-18-12/h2-9H,10H2,1H3,(H,19,20,21). The van der Waals surface area contributed by atoms with Crippen molar-refractivity contribution in [3.63, 3.8) is 0 Å². The predicted octanol–water partition coefficient (Wildman–Crippen LogP) is 3.69. The van der Waals surface area contributed by atoms with E-state index >= 15 is 0 Å². The molecular weight excluding hydrogens is 276 g/mol. The van der Waals surface area contributed by atoms with Crippen LogP contribution in [0.25, 0.3) is 22.1 Å². The number of para-hydroxylation sites is 1. The molecule has 3 aromatic heterocycles. The SMILES string of the molecule is Cc1nc(NCc2ccccn2)c2oc3ccccc3c2n1. The van der Waals surface area contributed by atoms with Crippen LogP contribution in [0.15, 0.2) is 53.1 Å². The molecule has 0 radical (unpaired) electrons. The van der Waals surface area contributed by atoms with Crippen LogP contribution >= 0.6 is 0 Å². The van der Waals surface area contributed by atoms with Gasteiger partial charge < -0.3 is 9.73 Å². The highest BCUT2D eigenvalue weighted by Crippen LogP contribution is 2.31. The summed E-state index contributed by atoms with van der Waals surface area (Å²) in [5, 5.41) is 4.30. The summed E-state index contributed by atoms with van der Waals surface area (Å²) < 4.78 is 5.92. The van der Waals surface area contributed by atoms with Crippen LogP contribution < -0.4 is 5.32 Å². The zero-order chi connectivity index (χ0) is 14.9. The molecule has 1 N–H and O–H groups in total. The van der Waals surface area contributed by atoms with Crippen LogP contribution in [-0.2, 0) is 6.54 Å². The minimum atomic E-state index is 0.587. The monoisotopic (exact) mass is 290 g/mol. The highest BCUT2D eigenvalue weighted by molar-refractivity contribution is 6.05. The fraction of sp³-hybridized carbons (Fsp3) is 0.118. The van der Waals surface area contributed by atoms with Crippen LogP contribution in [0, 0.1) is 6.92 Å². The Morgan fingerprint density at radius 2 is 1.91 bits per heavy atom. The Labute approximate surface area is 127 Å². The maximum absolute atomic E-state index is 5.92. The first-order chi connectivity index (χ1) is 10.8. The van der Waals surface area contributed by atoms with Gasteiger partial charge in [0, 0.05) is 11.6 Å². The van der Waals surface area contributed by atoms with E-state index in [-0.39, 0.29) is 0 Å². The third kappa shape index (κ3) is 2.16. The first-order valence-corrected chi connectivity index (χ1v) is 7.11. The topological polar surface area (TPSA) is 63.8 Å². The molecule has 5 nitrogen and oxygen atoms in total. The molecule has 0 spiro atoms. The molecule has 22 heavy (non-hydrogen) atoms. The van der Waals surface area contributed by atoms with Gasteiger partial charge in [0.2, 0.25) is 0 Å². The van der Waals surface area contributed by atoms with E-state index in [4.69, 9.17) is 4.42 Å². The molecular formula is C17H14N4O. The summed E-state index contributed by atoms with van der Waals surface area (Å²) in [5.74, 6) is 1.41. The van der Waals surface area contributed by atoms with E-state index in [9.17, 15) is 0 Å². The number of pyridine rings is 1. The quantitative estimate of drug-likeness (QED) is 0.623. The normalized spacial score (nSPS) is 11.1. The smallest absolute Gasteiger partial charge is 0.196 e. The highest BCUT2D eigenvalue weighted by Gasteiger charge is 2.14. The van der Waals surface area contributed by atoms with Gasteiger partial charge in [-0.2, -0.15) is 0 Å². The Morgan fingerprint density at radius 1 is 1.05 bits per heavy atom. The number of anilines is 1. The van der Waals surface area contributed by atoms with Crippen molar-refractivity contribution >= 4 is 27.9 Å². The van der Waals surface area contributed by atoms with Crippen LogP contribution in [0.2, 0.25) is 0 Å². The molecule has 1 aromatic carbocycles. The van der Waals surface area contributed by atoms with Crippen LogP contribution in [0.5, 0.6) is 0 Å². The van der Waals surface area contributed by atoms with Crippen molar-refractivity contribution in [3.05, 3.63) is 60.2 Å². The maximum atomic E-state index is 5.92. The Hall–Kier alpha value is -2.95. The fourth-order valence-electron chi connectivity index (χ4n) is 2.50. The summed E-state index contributed by atoms with van der Waals surface area (Å²) in [6.45, 7) is 2.47. The van der Waals surface area contributed by atoms with Crippen molar-refractivity contribution in [2.45, 2.75) is 13.5 Å². The number of hydrogen-bond acceptors (Lipinski definition) is 5. The second kappa shape index (κ2) is 5.11. The number of hydrogen-bond donors (Lipinski definition) is 1. The van der Waals surface area contributed by atoms with E-state index in [0.29, 0.717) is 23.8 Å². The zero-order valence-corrected chi connectivity index (χ0v) is 12.1. The lowest BCUT2D eigenvalue weighted by Gasteiger charge is -2.06. The van der Waals surface area contributed by atoms with Gasteiger partial charge in [0.05, 0.1) is 12.2 Å². The minimum absolute atomic E-state index is 0.587. The molecule has 3 heterocycles. The summed E-state index contributed by atoms with van der Waals surface area (Å²) >= 11 is 0. The summed E-state index contributed by atoms with van der Waals surface area (Å²) in [6, 6.07) is 13.7. The van der Waals surface area contributed by atoms with Crippen LogP contribution in [-0.4, -0.2) is 15.0 Å². The van der Waals surface area contributed by atoms with Crippen molar-refractivity contribution in [3.8, 4) is 0 Å². The molecule has 4 rings (SSSR count). The third-order valence-corrected chi connectivity index (χ3v) is 3.49. The van der Waals surface area contributed by atoms with Gasteiger partial charge in [-0.1, -0.05) is 18.2 Å². The molecule has 108 valence electrons. The first kappa shape index (κ1) is 12.8. The van der Waals surface area contributed by atoms with Crippen molar-refractivity contribution in [2.75, 3.05) is 5.32 Å². The van der Waals surface area contributed by atoms with E-state index in [1.165, 1.54) is 0 Å². The molecule has 0 fully saturated rings. The molecule has 0 amide bonds. The minimum Gasteiger partial charge on any atom is -0.450 e. The Balaban J connectivity index is 1.79. The first-order valence-electron chi connectivity index (χ1n) is 7.11. The Bertz CT molecular complexity index is 947. The van der Waals surface area contributed by atoms with Gasteiger partial charge in [0.15, 0.2) is 11.4 Å². The van der Waals surface area contributed by atoms with E-state index in [0.717, 1.165) is 22.2 Å². The fourth-order valence-corrected chi connectivity index (χ4v) is 2.50. The molecule has 0 atom stereocenters. The number of furan rings is 1. The number of benzene rings is 1. The molecule has 5 heteroatoms. The van der Waals surface area contributed by atoms with Gasteiger partial charge >= 0.3 is 0 Å². The maximum Gasteiger partial charge on any atom is 0.196 e. The number of fused-ring (bicyclic) bond motifs is 3. The average Bonchev–Trinajstić information content (AvgIpc) is 2.92. The molecule has 0 aliphatic heterocycles. The molecule has 0 aliphatic rings. The summed E-state index contributed by atoms with van der Waals surface area (Å²) in [7, 11) is 0. The van der Waals surface area contributed by atoms with Gasteiger partial charge in [0.1, 0.15) is 16.9 Å². The van der Waals surface area contributed by atoms with Gasteiger partial charge in [-0.15, -0.1) is 0 Å². The summed E-state index contributed by atoms with van der Waals surface area (Å²) in [4.78, 5) is 13.3. The Morgan fingerprint density at radius 3 is 2.77 bits per heavy atom. The van der Waals surface area contributed by atoms with Crippen LogP contribution in [0.4, 0.5) is 5.82 Å². The average molecular weight is 290 g/mol. The number of rotatable bonds is 3. The van der Waals surface area contributed by atoms with E-state index < -0.39 is 0 Å². The van der Waals surface area contributed by atoms with Gasteiger partial charge in [-0.25, -0.2) is 9.97 Å². The van der Waals surface area contributed by atoms with Crippen LogP contribution in [0.3, 0.4) is 0 Å². The van der Waals surface area contributed by atoms with Crippen molar-refractivity contribution in [1.82, 2.24) is 15.0 Å². The van der Waals surface area contributed by atoms with Crippen molar-refractivity contribution in [2.24, 2.45) is 0 Å². The number of nitrogens with one attached hydrogen (secondary N) is 1. The van der Waals surface area contributed by atoms with Crippen molar-refractivity contribution in [1.29, 1.82) is 0 Å². The Kier molecular flexibility index (Phi) is 2.96. The van der Waals surface area contributed by atoms with E-state index in [1.807, 2.05) is 49.4 Å².